The van der Waals surface area contributed by atoms with Crippen LogP contribution in [0.4, 0.5) is 4.79 Å². The second kappa shape index (κ2) is 6.01. The highest BCUT2D eigenvalue weighted by Gasteiger charge is 2.07. The van der Waals surface area contributed by atoms with Gasteiger partial charge in [0.05, 0.1) is 0 Å². The van der Waals surface area contributed by atoms with Gasteiger partial charge in [-0.25, -0.2) is 4.79 Å². The van der Waals surface area contributed by atoms with Crippen molar-refractivity contribution in [2.24, 2.45) is 0 Å². The zero-order valence-corrected chi connectivity index (χ0v) is 9.23. The van der Waals surface area contributed by atoms with Gasteiger partial charge in [-0.1, -0.05) is 6.07 Å². The molecule has 0 aliphatic rings. The minimum Gasteiger partial charge on any atom is -0.334 e. The summed E-state index contributed by atoms with van der Waals surface area (Å²) >= 11 is 0. The van der Waals surface area contributed by atoms with Gasteiger partial charge >= 0.3 is 6.03 Å². The second-order valence-electron chi connectivity index (χ2n) is 3.19. The molecule has 0 radical (unpaired) electrons. The molecule has 0 aliphatic heterocycles. The van der Waals surface area contributed by atoms with Crippen LogP contribution in [0.2, 0.25) is 0 Å². The first kappa shape index (κ1) is 11.5. The topological polar surface area (TPSA) is 45.2 Å². The van der Waals surface area contributed by atoms with Gasteiger partial charge in [-0.2, -0.15) is 0 Å². The maximum Gasteiger partial charge on any atom is 0.317 e. The molecule has 0 unspecified atom stereocenters. The number of carbonyl (C=O) groups excluding carboxylic acids is 1. The van der Waals surface area contributed by atoms with E-state index < -0.39 is 0 Å². The van der Waals surface area contributed by atoms with Crippen LogP contribution in [-0.2, 0) is 6.54 Å². The molecular formula is C11H17N3O. The van der Waals surface area contributed by atoms with E-state index in [9.17, 15) is 4.79 Å². The Balaban J connectivity index is 2.40. The van der Waals surface area contributed by atoms with Gasteiger partial charge in [0.1, 0.15) is 0 Å². The highest BCUT2D eigenvalue weighted by Crippen LogP contribution is 1.95. The number of pyridine rings is 1. The first-order valence-electron chi connectivity index (χ1n) is 5.19. The van der Waals surface area contributed by atoms with E-state index in [1.807, 2.05) is 26.0 Å². The molecule has 1 rings (SSSR count). The first-order chi connectivity index (χ1) is 7.27. The standard InChI is InChI=1S/C11H17N3O/c1-3-14(4-2)11(15)13-9-10-6-5-7-12-8-10/h5-8H,3-4,9H2,1-2H3,(H,13,15). The van der Waals surface area contributed by atoms with Crippen LogP contribution in [0.5, 0.6) is 0 Å². The predicted molar refractivity (Wildman–Crippen MR) is 59.4 cm³/mol. The first-order valence-corrected chi connectivity index (χ1v) is 5.19. The number of hydrogen-bond acceptors (Lipinski definition) is 2. The summed E-state index contributed by atoms with van der Waals surface area (Å²) in [5.41, 5.74) is 1.01. The third-order valence-corrected chi connectivity index (χ3v) is 2.22. The number of carbonyl (C=O) groups is 1. The van der Waals surface area contributed by atoms with E-state index in [1.165, 1.54) is 0 Å². The number of aromatic nitrogens is 1. The molecular weight excluding hydrogens is 190 g/mol. The Hall–Kier alpha value is -1.58. The van der Waals surface area contributed by atoms with Gasteiger partial charge < -0.3 is 10.2 Å². The maximum absolute atomic E-state index is 11.6. The Morgan fingerprint density at radius 3 is 2.73 bits per heavy atom. The molecule has 4 heteroatoms. The van der Waals surface area contributed by atoms with Gasteiger partial charge in [-0.15, -0.1) is 0 Å². The molecule has 82 valence electrons. The van der Waals surface area contributed by atoms with Crippen molar-refractivity contribution in [3.63, 3.8) is 0 Å². The fraction of sp³-hybridized carbons (Fsp3) is 0.455. The quantitative estimate of drug-likeness (QED) is 0.815. The molecule has 0 aliphatic carbocycles. The van der Waals surface area contributed by atoms with Crippen LogP contribution in [0, 0.1) is 0 Å². The predicted octanol–water partition coefficient (Wildman–Crippen LogP) is 1.63. The Morgan fingerprint density at radius 2 is 2.20 bits per heavy atom. The van der Waals surface area contributed by atoms with Crippen LogP contribution in [0.15, 0.2) is 24.5 Å². The van der Waals surface area contributed by atoms with E-state index in [2.05, 4.69) is 10.3 Å². The average molecular weight is 207 g/mol. The summed E-state index contributed by atoms with van der Waals surface area (Å²) in [7, 11) is 0. The summed E-state index contributed by atoms with van der Waals surface area (Å²) in [5, 5.41) is 2.85. The summed E-state index contributed by atoms with van der Waals surface area (Å²) in [4.78, 5) is 17.3. The molecule has 1 N–H and O–H groups in total. The molecule has 0 fully saturated rings. The van der Waals surface area contributed by atoms with Gasteiger partial charge in [0, 0.05) is 32.0 Å². The fourth-order valence-electron chi connectivity index (χ4n) is 1.30. The number of hydrogen-bond donors (Lipinski definition) is 1. The molecule has 0 saturated carbocycles. The van der Waals surface area contributed by atoms with Crippen molar-refractivity contribution in [2.45, 2.75) is 20.4 Å². The lowest BCUT2D eigenvalue weighted by molar-refractivity contribution is 0.203. The summed E-state index contributed by atoms with van der Waals surface area (Å²) < 4.78 is 0. The molecule has 0 bridgehead atoms. The number of nitrogens with one attached hydrogen (secondary N) is 1. The highest BCUT2D eigenvalue weighted by molar-refractivity contribution is 5.74. The van der Waals surface area contributed by atoms with Gasteiger partial charge in [-0.3, -0.25) is 4.98 Å². The Kier molecular flexibility index (Phi) is 4.60. The van der Waals surface area contributed by atoms with Crippen molar-refractivity contribution in [1.82, 2.24) is 15.2 Å². The van der Waals surface area contributed by atoms with Crippen LogP contribution < -0.4 is 5.32 Å². The summed E-state index contributed by atoms with van der Waals surface area (Å²) in [5.74, 6) is 0. The molecule has 0 saturated heterocycles. The van der Waals surface area contributed by atoms with Crippen LogP contribution in [0.1, 0.15) is 19.4 Å². The van der Waals surface area contributed by atoms with Crippen molar-refractivity contribution in [3.8, 4) is 0 Å². The minimum atomic E-state index is -0.0242. The number of amides is 2. The van der Waals surface area contributed by atoms with Crippen LogP contribution in [0.25, 0.3) is 0 Å². The molecule has 4 nitrogen and oxygen atoms in total. The van der Waals surface area contributed by atoms with Crippen molar-refractivity contribution < 1.29 is 4.79 Å². The molecule has 0 atom stereocenters. The molecule has 15 heavy (non-hydrogen) atoms. The monoisotopic (exact) mass is 207 g/mol. The van der Waals surface area contributed by atoms with Gasteiger partial charge in [0.25, 0.3) is 0 Å². The normalized spacial score (nSPS) is 9.73. The molecule has 1 heterocycles. The fourth-order valence-corrected chi connectivity index (χ4v) is 1.30. The molecule has 1 aromatic heterocycles. The van der Waals surface area contributed by atoms with Gasteiger partial charge in [0.2, 0.25) is 0 Å². The van der Waals surface area contributed by atoms with Crippen LogP contribution in [0.3, 0.4) is 0 Å². The zero-order chi connectivity index (χ0) is 11.1. The minimum absolute atomic E-state index is 0.0242. The summed E-state index contributed by atoms with van der Waals surface area (Å²) in [6.07, 6.45) is 3.47. The van der Waals surface area contributed by atoms with Crippen molar-refractivity contribution >= 4 is 6.03 Å². The van der Waals surface area contributed by atoms with E-state index in [0.29, 0.717) is 6.54 Å². The van der Waals surface area contributed by atoms with Gasteiger partial charge in [0.15, 0.2) is 0 Å². The van der Waals surface area contributed by atoms with Crippen LogP contribution >= 0.6 is 0 Å². The van der Waals surface area contributed by atoms with E-state index in [0.717, 1.165) is 18.7 Å². The maximum atomic E-state index is 11.6. The zero-order valence-electron chi connectivity index (χ0n) is 9.23. The van der Waals surface area contributed by atoms with Gasteiger partial charge in [-0.05, 0) is 25.5 Å². The third kappa shape index (κ3) is 3.58. The van der Waals surface area contributed by atoms with E-state index in [-0.39, 0.29) is 6.03 Å². The lowest BCUT2D eigenvalue weighted by Crippen LogP contribution is -2.39. The Morgan fingerprint density at radius 1 is 1.47 bits per heavy atom. The van der Waals surface area contributed by atoms with Crippen molar-refractivity contribution in [3.05, 3.63) is 30.1 Å². The lowest BCUT2D eigenvalue weighted by Gasteiger charge is -2.19. The van der Waals surface area contributed by atoms with Crippen molar-refractivity contribution in [1.29, 1.82) is 0 Å². The third-order valence-electron chi connectivity index (χ3n) is 2.22. The largest absolute Gasteiger partial charge is 0.334 e. The van der Waals surface area contributed by atoms with E-state index >= 15 is 0 Å². The molecule has 0 spiro atoms. The second-order valence-corrected chi connectivity index (χ2v) is 3.19. The lowest BCUT2D eigenvalue weighted by atomic mass is 10.3. The van der Waals surface area contributed by atoms with E-state index in [1.54, 1.807) is 17.3 Å². The number of urea groups is 1. The summed E-state index contributed by atoms with van der Waals surface area (Å²) in [6, 6.07) is 3.78. The average Bonchev–Trinajstić information content (AvgIpc) is 2.29. The molecule has 1 aromatic rings. The number of rotatable bonds is 4. The smallest absolute Gasteiger partial charge is 0.317 e. The van der Waals surface area contributed by atoms with E-state index in [4.69, 9.17) is 0 Å². The van der Waals surface area contributed by atoms with Crippen molar-refractivity contribution in [2.75, 3.05) is 13.1 Å². The highest BCUT2D eigenvalue weighted by atomic mass is 16.2. The summed E-state index contributed by atoms with van der Waals surface area (Å²) in [6.45, 7) is 5.92. The van der Waals surface area contributed by atoms with Crippen LogP contribution in [-0.4, -0.2) is 29.0 Å². The molecule has 0 aromatic carbocycles. The SMILES string of the molecule is CCN(CC)C(=O)NCc1cccnc1. The Labute approximate surface area is 90.3 Å². The number of nitrogens with zero attached hydrogens (tertiary/aromatic N) is 2. The molecule has 2 amide bonds. The Bertz CT molecular complexity index is 296.